The van der Waals surface area contributed by atoms with E-state index >= 15 is 0 Å². The summed E-state index contributed by atoms with van der Waals surface area (Å²) in [5, 5.41) is 1.34. The molecule has 3 aromatic rings. The van der Waals surface area contributed by atoms with Gasteiger partial charge in [0.25, 0.3) is 0 Å². The van der Waals surface area contributed by atoms with Crippen molar-refractivity contribution in [3.63, 3.8) is 0 Å². The molecule has 0 aliphatic rings. The molecule has 2 aromatic carbocycles. The molecule has 0 saturated carbocycles. The first kappa shape index (κ1) is 13.7. The second-order valence-corrected chi connectivity index (χ2v) is 5.61. The quantitative estimate of drug-likeness (QED) is 0.612. The van der Waals surface area contributed by atoms with E-state index in [0.717, 1.165) is 22.5 Å². The average Bonchev–Trinajstić information content (AvgIpc) is 2.77. The third kappa shape index (κ3) is 2.39. The van der Waals surface area contributed by atoms with Crippen molar-refractivity contribution < 1.29 is 0 Å². The summed E-state index contributed by atoms with van der Waals surface area (Å²) in [5.41, 5.74) is 2.72. The van der Waals surface area contributed by atoms with E-state index in [4.69, 9.17) is 34.8 Å². The predicted molar refractivity (Wildman–Crippen MR) is 85.5 cm³/mol. The van der Waals surface area contributed by atoms with E-state index in [1.165, 1.54) is 0 Å². The molecular weight excluding hydrogens is 315 g/mol. The Bertz CT molecular complexity index is 765. The van der Waals surface area contributed by atoms with Crippen molar-refractivity contribution in [1.82, 2.24) is 9.55 Å². The molecule has 0 N–H and O–H groups in total. The lowest BCUT2D eigenvalue weighted by molar-refractivity contribution is 0.912. The molecule has 3 rings (SSSR count). The smallest absolute Gasteiger partial charge is 0.115 e. The molecule has 0 spiro atoms. The second kappa shape index (κ2) is 5.65. The summed E-state index contributed by atoms with van der Waals surface area (Å²) in [6, 6.07) is 13.3. The Balaban J connectivity index is 2.32. The van der Waals surface area contributed by atoms with Crippen LogP contribution in [0.1, 0.15) is 5.82 Å². The summed E-state index contributed by atoms with van der Waals surface area (Å²) in [6.07, 6.45) is 0.666. The van der Waals surface area contributed by atoms with E-state index in [-0.39, 0.29) is 0 Å². The molecule has 0 unspecified atom stereocenters. The van der Waals surface area contributed by atoms with Gasteiger partial charge in [0.1, 0.15) is 5.82 Å². The number of rotatable bonds is 3. The SMILES string of the molecule is ClCCc1nc2cc(Cl)ccc2n1-c1ccccc1Cl. The number of alkyl halides is 1. The number of halogens is 3. The first-order chi connectivity index (χ1) is 9.70. The van der Waals surface area contributed by atoms with E-state index in [9.17, 15) is 0 Å². The minimum atomic E-state index is 0.501. The lowest BCUT2D eigenvalue weighted by Crippen LogP contribution is -2.02. The van der Waals surface area contributed by atoms with Crippen LogP contribution in [-0.4, -0.2) is 15.4 Å². The number of benzene rings is 2. The molecule has 0 aliphatic heterocycles. The van der Waals surface area contributed by atoms with E-state index in [1.807, 2.05) is 47.0 Å². The topological polar surface area (TPSA) is 17.8 Å². The van der Waals surface area contributed by atoms with Gasteiger partial charge in [0.15, 0.2) is 0 Å². The van der Waals surface area contributed by atoms with Crippen molar-refractivity contribution in [1.29, 1.82) is 0 Å². The molecule has 5 heteroatoms. The monoisotopic (exact) mass is 324 g/mol. The summed E-state index contributed by atoms with van der Waals surface area (Å²) < 4.78 is 2.04. The van der Waals surface area contributed by atoms with Gasteiger partial charge in [-0.1, -0.05) is 35.3 Å². The molecular formula is C15H11Cl3N2. The van der Waals surface area contributed by atoms with Crippen LogP contribution < -0.4 is 0 Å². The predicted octanol–water partition coefficient (Wildman–Crippen LogP) is 5.11. The summed E-state index contributed by atoms with van der Waals surface area (Å²) in [7, 11) is 0. The van der Waals surface area contributed by atoms with Crippen LogP contribution in [0.15, 0.2) is 42.5 Å². The molecule has 20 heavy (non-hydrogen) atoms. The van der Waals surface area contributed by atoms with Crippen LogP contribution in [0.2, 0.25) is 10.0 Å². The van der Waals surface area contributed by atoms with Gasteiger partial charge < -0.3 is 0 Å². The van der Waals surface area contributed by atoms with Crippen molar-refractivity contribution in [2.75, 3.05) is 5.88 Å². The fourth-order valence-corrected chi connectivity index (χ4v) is 2.81. The Labute approximate surface area is 131 Å². The Morgan fingerprint density at radius 1 is 1.05 bits per heavy atom. The van der Waals surface area contributed by atoms with Crippen LogP contribution in [0.3, 0.4) is 0 Å². The number of hydrogen-bond acceptors (Lipinski definition) is 1. The molecule has 2 nitrogen and oxygen atoms in total. The zero-order valence-electron chi connectivity index (χ0n) is 10.5. The molecule has 0 amide bonds. The summed E-state index contributed by atoms with van der Waals surface area (Å²) in [4.78, 5) is 4.62. The summed E-state index contributed by atoms with van der Waals surface area (Å²) in [5.74, 6) is 1.38. The van der Waals surface area contributed by atoms with Crippen molar-refractivity contribution in [2.24, 2.45) is 0 Å². The average molecular weight is 326 g/mol. The van der Waals surface area contributed by atoms with Gasteiger partial charge in [0.05, 0.1) is 21.7 Å². The number of aromatic nitrogens is 2. The zero-order chi connectivity index (χ0) is 14.1. The van der Waals surface area contributed by atoms with Crippen LogP contribution in [0.5, 0.6) is 0 Å². The molecule has 0 fully saturated rings. The van der Waals surface area contributed by atoms with Gasteiger partial charge in [-0.3, -0.25) is 4.57 Å². The maximum atomic E-state index is 6.31. The molecule has 0 bridgehead atoms. The highest BCUT2D eigenvalue weighted by molar-refractivity contribution is 6.32. The summed E-state index contributed by atoms with van der Waals surface area (Å²) in [6.45, 7) is 0. The third-order valence-corrected chi connectivity index (χ3v) is 3.84. The van der Waals surface area contributed by atoms with Crippen molar-refractivity contribution in [3.05, 3.63) is 58.3 Å². The van der Waals surface area contributed by atoms with Crippen molar-refractivity contribution in [2.45, 2.75) is 6.42 Å². The highest BCUT2D eigenvalue weighted by Gasteiger charge is 2.14. The van der Waals surface area contributed by atoms with Crippen molar-refractivity contribution >= 4 is 45.8 Å². The van der Waals surface area contributed by atoms with Gasteiger partial charge in [0.2, 0.25) is 0 Å². The summed E-state index contributed by atoms with van der Waals surface area (Å²) >= 11 is 18.2. The molecule has 1 aromatic heterocycles. The van der Waals surface area contributed by atoms with Crippen LogP contribution in [0, 0.1) is 0 Å². The van der Waals surface area contributed by atoms with Gasteiger partial charge in [-0.15, -0.1) is 11.6 Å². The van der Waals surface area contributed by atoms with E-state index in [1.54, 1.807) is 0 Å². The van der Waals surface area contributed by atoms with Gasteiger partial charge in [-0.05, 0) is 30.3 Å². The number of imidazole rings is 1. The fraction of sp³-hybridized carbons (Fsp3) is 0.133. The van der Waals surface area contributed by atoms with Crippen LogP contribution in [-0.2, 0) is 6.42 Å². The zero-order valence-corrected chi connectivity index (χ0v) is 12.8. The van der Waals surface area contributed by atoms with Crippen molar-refractivity contribution in [3.8, 4) is 5.69 Å². The standard InChI is InChI=1S/C15H11Cl3N2/c16-8-7-15-19-12-9-10(17)5-6-14(12)20(15)13-4-2-1-3-11(13)18/h1-6,9H,7-8H2. The normalized spacial score (nSPS) is 11.2. The van der Waals surface area contributed by atoms with Gasteiger partial charge in [-0.25, -0.2) is 4.98 Å². The third-order valence-electron chi connectivity index (χ3n) is 3.10. The highest BCUT2D eigenvalue weighted by Crippen LogP contribution is 2.28. The Morgan fingerprint density at radius 3 is 2.60 bits per heavy atom. The number of para-hydroxylation sites is 1. The Kier molecular flexibility index (Phi) is 3.88. The van der Waals surface area contributed by atoms with Gasteiger partial charge in [-0.2, -0.15) is 0 Å². The lowest BCUT2D eigenvalue weighted by atomic mass is 10.2. The van der Waals surface area contributed by atoms with Gasteiger partial charge >= 0.3 is 0 Å². The van der Waals surface area contributed by atoms with Crippen LogP contribution in [0.4, 0.5) is 0 Å². The minimum Gasteiger partial charge on any atom is -0.295 e. The highest BCUT2D eigenvalue weighted by atomic mass is 35.5. The molecule has 102 valence electrons. The van der Waals surface area contributed by atoms with E-state index in [2.05, 4.69) is 4.98 Å². The van der Waals surface area contributed by atoms with E-state index in [0.29, 0.717) is 22.3 Å². The van der Waals surface area contributed by atoms with Crippen LogP contribution in [0.25, 0.3) is 16.7 Å². The molecule has 0 saturated heterocycles. The minimum absolute atomic E-state index is 0.501. The maximum absolute atomic E-state index is 6.31. The largest absolute Gasteiger partial charge is 0.295 e. The first-order valence-electron chi connectivity index (χ1n) is 6.18. The fourth-order valence-electron chi connectivity index (χ4n) is 2.26. The molecule has 1 heterocycles. The van der Waals surface area contributed by atoms with E-state index < -0.39 is 0 Å². The Hall–Kier alpha value is -1.22. The van der Waals surface area contributed by atoms with Gasteiger partial charge in [0, 0.05) is 17.3 Å². The lowest BCUT2D eigenvalue weighted by Gasteiger charge is -2.10. The number of nitrogens with zero attached hydrogens (tertiary/aromatic N) is 2. The maximum Gasteiger partial charge on any atom is 0.115 e. The first-order valence-corrected chi connectivity index (χ1v) is 7.47. The number of aryl methyl sites for hydroxylation is 1. The number of hydrogen-bond donors (Lipinski definition) is 0. The number of fused-ring (bicyclic) bond motifs is 1. The molecule has 0 aliphatic carbocycles. The molecule has 0 radical (unpaired) electrons. The van der Waals surface area contributed by atoms with Crippen LogP contribution >= 0.6 is 34.8 Å². The Morgan fingerprint density at radius 2 is 1.85 bits per heavy atom. The second-order valence-electron chi connectivity index (χ2n) is 4.39. The molecule has 0 atom stereocenters.